The Kier molecular flexibility index (Phi) is 4.53. The molecule has 0 spiro atoms. The fraction of sp³-hybridized carbons (Fsp3) is 0.700. The molecule has 3 N–H and O–H groups in total. The van der Waals surface area contributed by atoms with Gasteiger partial charge in [0.05, 0.1) is 5.75 Å². The number of carboxylic acid groups (broad SMARTS) is 1. The molecule has 0 fully saturated rings. The second kappa shape index (κ2) is 5.50. The summed E-state index contributed by atoms with van der Waals surface area (Å²) >= 11 is 1.36. The molecule has 7 heteroatoms. The largest absolute Gasteiger partial charge is 0.480 e. The van der Waals surface area contributed by atoms with Gasteiger partial charge in [-0.05, 0) is 0 Å². The molecule has 0 bridgehead atoms. The van der Waals surface area contributed by atoms with Crippen molar-refractivity contribution in [3.63, 3.8) is 0 Å². The van der Waals surface area contributed by atoms with Crippen LogP contribution >= 0.6 is 11.8 Å². The highest BCUT2D eigenvalue weighted by molar-refractivity contribution is 7.98. The van der Waals surface area contributed by atoms with Gasteiger partial charge in [-0.2, -0.15) is 4.98 Å². The minimum atomic E-state index is -1.00. The molecule has 0 aliphatic rings. The Hall–Kier alpha value is -1.08. The molecule has 0 radical (unpaired) electrons. The van der Waals surface area contributed by atoms with Crippen molar-refractivity contribution < 1.29 is 14.4 Å². The van der Waals surface area contributed by atoms with Gasteiger partial charge in [0, 0.05) is 11.2 Å². The van der Waals surface area contributed by atoms with Crippen LogP contribution in [0, 0.1) is 0 Å². The number of nitrogens with zero attached hydrogens (tertiary/aromatic N) is 2. The maximum Gasteiger partial charge on any atom is 0.321 e. The Balaban J connectivity index is 2.43. The van der Waals surface area contributed by atoms with E-state index in [1.807, 2.05) is 20.8 Å². The lowest BCUT2D eigenvalue weighted by Gasteiger charge is -2.10. The molecule has 0 amide bonds. The van der Waals surface area contributed by atoms with E-state index in [9.17, 15) is 4.79 Å². The molecule has 96 valence electrons. The summed E-state index contributed by atoms with van der Waals surface area (Å²) < 4.78 is 5.06. The maximum absolute atomic E-state index is 10.5. The lowest BCUT2D eigenvalue weighted by Crippen LogP contribution is -2.32. The number of hydrogen-bond acceptors (Lipinski definition) is 6. The molecular weight excluding hydrogens is 242 g/mol. The number of hydrogen-bond donors (Lipinski definition) is 2. The summed E-state index contributed by atoms with van der Waals surface area (Å²) in [4.78, 5) is 14.7. The van der Waals surface area contributed by atoms with Crippen LogP contribution in [0.4, 0.5) is 0 Å². The van der Waals surface area contributed by atoms with E-state index in [1.165, 1.54) is 11.8 Å². The van der Waals surface area contributed by atoms with Gasteiger partial charge in [-0.1, -0.05) is 25.9 Å². The van der Waals surface area contributed by atoms with Gasteiger partial charge in [0.15, 0.2) is 5.82 Å². The minimum absolute atomic E-state index is 0.149. The van der Waals surface area contributed by atoms with Gasteiger partial charge >= 0.3 is 5.97 Å². The molecule has 1 atom stereocenters. The average Bonchev–Trinajstić information content (AvgIpc) is 2.65. The van der Waals surface area contributed by atoms with Crippen molar-refractivity contribution in [1.82, 2.24) is 10.1 Å². The number of carbonyl (C=O) groups is 1. The van der Waals surface area contributed by atoms with E-state index in [4.69, 9.17) is 15.4 Å². The summed E-state index contributed by atoms with van der Waals surface area (Å²) in [5.74, 6) is 0.943. The summed E-state index contributed by atoms with van der Waals surface area (Å²) in [6.07, 6.45) is 0. The molecule has 0 aromatic carbocycles. The van der Waals surface area contributed by atoms with Crippen molar-refractivity contribution in [2.75, 3.05) is 5.75 Å². The molecule has 0 saturated carbocycles. The zero-order valence-corrected chi connectivity index (χ0v) is 11.0. The Bertz CT molecular complexity index is 386. The number of carboxylic acids is 1. The minimum Gasteiger partial charge on any atom is -0.480 e. The summed E-state index contributed by atoms with van der Waals surface area (Å²) in [5, 5.41) is 12.5. The van der Waals surface area contributed by atoms with Crippen molar-refractivity contribution in [1.29, 1.82) is 0 Å². The summed E-state index contributed by atoms with van der Waals surface area (Å²) in [5.41, 5.74) is 5.22. The molecule has 0 aliphatic carbocycles. The van der Waals surface area contributed by atoms with Gasteiger partial charge in [-0.15, -0.1) is 11.8 Å². The fourth-order valence-corrected chi connectivity index (χ4v) is 1.77. The molecule has 1 heterocycles. The summed E-state index contributed by atoms with van der Waals surface area (Å²) in [6, 6.07) is -0.856. The third kappa shape index (κ3) is 4.35. The molecule has 0 aliphatic heterocycles. The summed E-state index contributed by atoms with van der Waals surface area (Å²) in [6.45, 7) is 5.99. The molecule has 1 rings (SSSR count). The second-order valence-corrected chi connectivity index (χ2v) is 5.75. The van der Waals surface area contributed by atoms with Crippen LogP contribution in [0.5, 0.6) is 0 Å². The predicted octanol–water partition coefficient (Wildman–Crippen LogP) is 1.01. The van der Waals surface area contributed by atoms with Crippen LogP contribution in [-0.4, -0.2) is 33.0 Å². The van der Waals surface area contributed by atoms with E-state index in [1.54, 1.807) is 0 Å². The van der Waals surface area contributed by atoms with Crippen LogP contribution < -0.4 is 5.73 Å². The first-order valence-electron chi connectivity index (χ1n) is 5.20. The highest BCUT2D eigenvalue weighted by Crippen LogP contribution is 2.20. The zero-order chi connectivity index (χ0) is 13.1. The Morgan fingerprint density at radius 3 is 2.71 bits per heavy atom. The third-order valence-electron chi connectivity index (χ3n) is 1.98. The lowest BCUT2D eigenvalue weighted by atomic mass is 9.96. The van der Waals surface area contributed by atoms with Crippen LogP contribution in [-0.2, 0) is 16.0 Å². The second-order valence-electron chi connectivity index (χ2n) is 4.72. The predicted molar refractivity (Wildman–Crippen MR) is 64.8 cm³/mol. The fourth-order valence-electron chi connectivity index (χ4n) is 0.963. The maximum atomic E-state index is 10.5. The SMILES string of the molecule is CC(C)(C)c1noc(CSC[C@@H](N)C(=O)O)n1. The van der Waals surface area contributed by atoms with E-state index in [-0.39, 0.29) is 5.41 Å². The molecule has 17 heavy (non-hydrogen) atoms. The Morgan fingerprint density at radius 2 is 2.24 bits per heavy atom. The third-order valence-corrected chi connectivity index (χ3v) is 3.02. The zero-order valence-electron chi connectivity index (χ0n) is 10.1. The van der Waals surface area contributed by atoms with Gasteiger partial charge in [0.25, 0.3) is 0 Å². The first-order chi connectivity index (χ1) is 7.80. The monoisotopic (exact) mass is 259 g/mol. The van der Waals surface area contributed by atoms with E-state index < -0.39 is 12.0 Å². The van der Waals surface area contributed by atoms with Crippen LogP contribution in [0.15, 0.2) is 4.52 Å². The van der Waals surface area contributed by atoms with Gasteiger partial charge in [-0.3, -0.25) is 4.79 Å². The first kappa shape index (κ1) is 14.0. The quantitative estimate of drug-likeness (QED) is 0.813. The van der Waals surface area contributed by atoms with E-state index in [0.29, 0.717) is 23.2 Å². The Labute approximate surface area is 104 Å². The molecule has 0 unspecified atom stereocenters. The number of aliphatic carboxylic acids is 1. The normalized spacial score (nSPS) is 13.6. The summed E-state index contributed by atoms with van der Waals surface area (Å²) in [7, 11) is 0. The molecule has 6 nitrogen and oxygen atoms in total. The van der Waals surface area contributed by atoms with Gasteiger partial charge in [0.1, 0.15) is 6.04 Å². The van der Waals surface area contributed by atoms with Gasteiger partial charge in [0.2, 0.25) is 5.89 Å². The number of nitrogens with two attached hydrogens (primary N) is 1. The number of rotatable bonds is 5. The van der Waals surface area contributed by atoms with E-state index in [0.717, 1.165) is 0 Å². The van der Waals surface area contributed by atoms with Crippen molar-refractivity contribution in [2.24, 2.45) is 5.73 Å². The standard InChI is InChI=1S/C10H17N3O3S/c1-10(2,3)9-12-7(16-13-9)5-17-4-6(11)8(14)15/h6H,4-5,11H2,1-3H3,(H,14,15)/t6-/m1/s1. The molecule has 1 aromatic rings. The van der Waals surface area contributed by atoms with E-state index >= 15 is 0 Å². The van der Waals surface area contributed by atoms with Gasteiger partial charge < -0.3 is 15.4 Å². The van der Waals surface area contributed by atoms with Crippen LogP contribution in [0.25, 0.3) is 0 Å². The lowest BCUT2D eigenvalue weighted by molar-refractivity contribution is -0.137. The Morgan fingerprint density at radius 1 is 1.59 bits per heavy atom. The topological polar surface area (TPSA) is 102 Å². The highest BCUT2D eigenvalue weighted by atomic mass is 32.2. The first-order valence-corrected chi connectivity index (χ1v) is 6.35. The van der Waals surface area contributed by atoms with Crippen molar-refractivity contribution in [3.05, 3.63) is 11.7 Å². The average molecular weight is 259 g/mol. The highest BCUT2D eigenvalue weighted by Gasteiger charge is 2.21. The van der Waals surface area contributed by atoms with Crippen molar-refractivity contribution >= 4 is 17.7 Å². The smallest absolute Gasteiger partial charge is 0.321 e. The van der Waals surface area contributed by atoms with Crippen LogP contribution in [0.1, 0.15) is 32.5 Å². The van der Waals surface area contributed by atoms with E-state index in [2.05, 4.69) is 10.1 Å². The number of thioether (sulfide) groups is 1. The number of aromatic nitrogens is 2. The van der Waals surface area contributed by atoms with Gasteiger partial charge in [-0.25, -0.2) is 0 Å². The van der Waals surface area contributed by atoms with Crippen molar-refractivity contribution in [3.8, 4) is 0 Å². The molecule has 0 saturated heterocycles. The van der Waals surface area contributed by atoms with Crippen LogP contribution in [0.3, 0.4) is 0 Å². The van der Waals surface area contributed by atoms with Crippen LogP contribution in [0.2, 0.25) is 0 Å². The molecular formula is C10H17N3O3S. The molecule has 1 aromatic heterocycles. The van der Waals surface area contributed by atoms with Crippen molar-refractivity contribution in [2.45, 2.75) is 38.0 Å².